The van der Waals surface area contributed by atoms with E-state index in [2.05, 4.69) is 17.0 Å². The van der Waals surface area contributed by atoms with Crippen LogP contribution in [0.1, 0.15) is 43.4 Å². The van der Waals surface area contributed by atoms with Crippen LogP contribution in [0.2, 0.25) is 0 Å². The molecular weight excluding hydrogens is 256 g/mol. The van der Waals surface area contributed by atoms with Gasteiger partial charge in [0.05, 0.1) is 11.3 Å². The van der Waals surface area contributed by atoms with Crippen LogP contribution < -0.4 is 10.6 Å². The molecule has 1 saturated carbocycles. The number of hydrogen-bond acceptors (Lipinski definition) is 3. The van der Waals surface area contributed by atoms with Crippen LogP contribution in [0.25, 0.3) is 0 Å². The van der Waals surface area contributed by atoms with E-state index in [0.29, 0.717) is 4.99 Å². The Morgan fingerprint density at radius 3 is 2.63 bits per heavy atom. The summed E-state index contributed by atoms with van der Waals surface area (Å²) in [4.78, 5) is 2.71. The lowest BCUT2D eigenvalue weighted by Crippen LogP contribution is -2.30. The molecule has 1 aromatic heterocycles. The van der Waals surface area contributed by atoms with Gasteiger partial charge in [0.1, 0.15) is 10.8 Å². The van der Waals surface area contributed by atoms with E-state index < -0.39 is 0 Å². The average Bonchev–Trinajstić information content (AvgIpc) is 2.65. The van der Waals surface area contributed by atoms with Crippen molar-refractivity contribution in [1.82, 2.24) is 9.78 Å². The fraction of sp³-hybridized carbons (Fsp3) is 0.714. The molecule has 0 aliphatic heterocycles. The highest BCUT2D eigenvalue weighted by Gasteiger charge is 2.22. The van der Waals surface area contributed by atoms with Crippen molar-refractivity contribution in [3.8, 4) is 0 Å². The molecule has 0 radical (unpaired) electrons. The van der Waals surface area contributed by atoms with Crippen LogP contribution in [0.4, 0.5) is 5.82 Å². The van der Waals surface area contributed by atoms with Gasteiger partial charge >= 0.3 is 0 Å². The Morgan fingerprint density at radius 2 is 2.05 bits per heavy atom. The molecule has 0 bridgehead atoms. The molecule has 4 nitrogen and oxygen atoms in total. The first-order valence-corrected chi connectivity index (χ1v) is 7.46. The fourth-order valence-corrected chi connectivity index (χ4v) is 3.45. The third kappa shape index (κ3) is 3.08. The quantitative estimate of drug-likeness (QED) is 0.860. The Hall–Kier alpha value is -1.10. The van der Waals surface area contributed by atoms with Crippen LogP contribution in [-0.2, 0) is 7.05 Å². The van der Waals surface area contributed by atoms with Gasteiger partial charge in [-0.2, -0.15) is 5.10 Å². The largest absolute Gasteiger partial charge is 0.389 e. The normalized spacial score (nSPS) is 16.6. The van der Waals surface area contributed by atoms with Gasteiger partial charge in [-0.15, -0.1) is 0 Å². The topological polar surface area (TPSA) is 47.1 Å². The van der Waals surface area contributed by atoms with Crippen molar-refractivity contribution < 1.29 is 0 Å². The number of hydrogen-bond donors (Lipinski definition) is 1. The van der Waals surface area contributed by atoms with E-state index in [1.165, 1.54) is 32.1 Å². The van der Waals surface area contributed by atoms with Gasteiger partial charge in [-0.05, 0) is 25.7 Å². The van der Waals surface area contributed by atoms with Crippen LogP contribution in [0, 0.1) is 12.8 Å². The zero-order valence-corrected chi connectivity index (χ0v) is 13.0. The van der Waals surface area contributed by atoms with Crippen LogP contribution in [0.5, 0.6) is 0 Å². The number of thiocarbonyl (C=S) groups is 1. The molecule has 0 saturated heterocycles. The first-order chi connectivity index (χ1) is 9.00. The Kier molecular flexibility index (Phi) is 4.45. The molecule has 2 rings (SSSR count). The lowest BCUT2D eigenvalue weighted by atomic mass is 9.89. The molecular formula is C14H24N4S. The van der Waals surface area contributed by atoms with E-state index >= 15 is 0 Å². The van der Waals surface area contributed by atoms with Gasteiger partial charge in [-0.1, -0.05) is 31.5 Å². The summed E-state index contributed by atoms with van der Waals surface area (Å²) < 4.78 is 1.90. The molecule has 1 heterocycles. The SMILES string of the molecule is Cc1nn(C)c(N(C)CC2CCCCC2)c1C(N)=S. The minimum absolute atomic E-state index is 0.441. The van der Waals surface area contributed by atoms with Crippen molar-refractivity contribution in [1.29, 1.82) is 0 Å². The molecule has 1 aliphatic rings. The number of anilines is 1. The molecule has 0 unspecified atom stereocenters. The van der Waals surface area contributed by atoms with Gasteiger partial charge < -0.3 is 10.6 Å². The number of rotatable bonds is 4. The van der Waals surface area contributed by atoms with Gasteiger partial charge in [0.15, 0.2) is 0 Å². The van der Waals surface area contributed by atoms with Crippen molar-refractivity contribution in [2.45, 2.75) is 39.0 Å². The summed E-state index contributed by atoms with van der Waals surface area (Å²) in [5, 5.41) is 4.45. The second kappa shape index (κ2) is 5.90. The standard InChI is InChI=1S/C14H24N4S/c1-10-12(13(15)19)14(18(3)16-10)17(2)9-11-7-5-4-6-8-11/h11H,4-9H2,1-3H3,(H2,15,19). The molecule has 0 atom stereocenters. The maximum absolute atomic E-state index is 5.85. The summed E-state index contributed by atoms with van der Waals surface area (Å²) in [6, 6.07) is 0. The zero-order chi connectivity index (χ0) is 14.0. The smallest absolute Gasteiger partial charge is 0.136 e. The zero-order valence-electron chi connectivity index (χ0n) is 12.1. The van der Waals surface area contributed by atoms with E-state index in [1.54, 1.807) is 0 Å². The molecule has 2 N–H and O–H groups in total. The highest BCUT2D eigenvalue weighted by atomic mass is 32.1. The Bertz CT molecular complexity index is 460. The van der Waals surface area contributed by atoms with Crippen molar-refractivity contribution in [3.05, 3.63) is 11.3 Å². The molecule has 0 spiro atoms. The van der Waals surface area contributed by atoms with Gasteiger partial charge in [-0.3, -0.25) is 4.68 Å². The molecule has 0 amide bonds. The van der Waals surface area contributed by atoms with Gasteiger partial charge in [0.25, 0.3) is 0 Å². The number of nitrogens with zero attached hydrogens (tertiary/aromatic N) is 3. The van der Waals surface area contributed by atoms with Gasteiger partial charge in [-0.25, -0.2) is 0 Å². The predicted molar refractivity (Wildman–Crippen MR) is 83.7 cm³/mol. The van der Waals surface area contributed by atoms with Crippen molar-refractivity contribution >= 4 is 23.0 Å². The summed E-state index contributed by atoms with van der Waals surface area (Å²) in [6.45, 7) is 3.03. The summed E-state index contributed by atoms with van der Waals surface area (Å²) in [5.41, 5.74) is 7.69. The highest BCUT2D eigenvalue weighted by Crippen LogP contribution is 2.28. The maximum atomic E-state index is 5.85. The molecule has 106 valence electrons. The molecule has 1 fully saturated rings. The first-order valence-electron chi connectivity index (χ1n) is 7.05. The summed E-state index contributed by atoms with van der Waals surface area (Å²) in [6.07, 6.45) is 6.80. The fourth-order valence-electron chi connectivity index (χ4n) is 3.22. The first kappa shape index (κ1) is 14.3. The Balaban J connectivity index is 2.18. The molecule has 1 aliphatic carbocycles. The summed E-state index contributed by atoms with van der Waals surface area (Å²) in [7, 11) is 4.08. The number of aryl methyl sites for hydroxylation is 2. The average molecular weight is 280 g/mol. The van der Waals surface area contributed by atoms with Crippen molar-refractivity contribution in [2.24, 2.45) is 18.7 Å². The predicted octanol–water partition coefficient (Wildman–Crippen LogP) is 2.38. The lowest BCUT2D eigenvalue weighted by molar-refractivity contribution is 0.361. The van der Waals surface area contributed by atoms with E-state index in [9.17, 15) is 0 Å². The van der Waals surface area contributed by atoms with Crippen molar-refractivity contribution in [2.75, 3.05) is 18.5 Å². The van der Waals surface area contributed by atoms with Crippen LogP contribution in [-0.4, -0.2) is 28.4 Å². The van der Waals surface area contributed by atoms with E-state index in [4.69, 9.17) is 18.0 Å². The second-order valence-electron chi connectivity index (χ2n) is 5.66. The Labute approximate surface area is 121 Å². The minimum Gasteiger partial charge on any atom is -0.389 e. The van der Waals surface area contributed by atoms with Gasteiger partial charge in [0.2, 0.25) is 0 Å². The Morgan fingerprint density at radius 1 is 1.42 bits per heavy atom. The third-order valence-corrected chi connectivity index (χ3v) is 4.26. The maximum Gasteiger partial charge on any atom is 0.136 e. The van der Waals surface area contributed by atoms with Crippen molar-refractivity contribution in [3.63, 3.8) is 0 Å². The van der Waals surface area contributed by atoms with Crippen LogP contribution in [0.15, 0.2) is 0 Å². The van der Waals surface area contributed by atoms with Gasteiger partial charge in [0, 0.05) is 20.6 Å². The highest BCUT2D eigenvalue weighted by molar-refractivity contribution is 7.80. The van der Waals surface area contributed by atoms with E-state index in [-0.39, 0.29) is 0 Å². The lowest BCUT2D eigenvalue weighted by Gasteiger charge is -2.28. The number of aromatic nitrogens is 2. The molecule has 19 heavy (non-hydrogen) atoms. The van der Waals surface area contributed by atoms with E-state index in [1.807, 2.05) is 18.7 Å². The van der Waals surface area contributed by atoms with E-state index in [0.717, 1.165) is 29.5 Å². The van der Waals surface area contributed by atoms with Crippen LogP contribution >= 0.6 is 12.2 Å². The molecule has 0 aromatic carbocycles. The van der Waals surface area contributed by atoms with Crippen LogP contribution in [0.3, 0.4) is 0 Å². The monoisotopic (exact) mass is 280 g/mol. The molecule has 1 aromatic rings. The third-order valence-electron chi connectivity index (χ3n) is 4.06. The number of nitrogens with two attached hydrogens (primary N) is 1. The molecule has 5 heteroatoms. The summed E-state index contributed by atoms with van der Waals surface area (Å²) in [5.74, 6) is 1.84. The second-order valence-corrected chi connectivity index (χ2v) is 6.10. The minimum atomic E-state index is 0.441. The summed E-state index contributed by atoms with van der Waals surface area (Å²) >= 11 is 5.17.